The SMILES string of the molecule is Cc1ccc(-n2cc(-c3nc4ccccc4o3)cn2)c(C)c1. The number of fused-ring (bicyclic) bond motifs is 1. The minimum absolute atomic E-state index is 0.595. The third kappa shape index (κ3) is 2.09. The summed E-state index contributed by atoms with van der Waals surface area (Å²) in [6.07, 6.45) is 3.73. The third-order valence-corrected chi connectivity index (χ3v) is 3.72. The van der Waals surface area contributed by atoms with Crippen molar-refractivity contribution in [2.24, 2.45) is 0 Å². The van der Waals surface area contributed by atoms with E-state index in [-0.39, 0.29) is 0 Å². The van der Waals surface area contributed by atoms with Gasteiger partial charge in [-0.25, -0.2) is 9.67 Å². The van der Waals surface area contributed by atoms with Crippen LogP contribution in [0.5, 0.6) is 0 Å². The van der Waals surface area contributed by atoms with Crippen molar-refractivity contribution in [1.29, 1.82) is 0 Å². The Morgan fingerprint density at radius 2 is 1.91 bits per heavy atom. The largest absolute Gasteiger partial charge is 0.436 e. The van der Waals surface area contributed by atoms with E-state index < -0.39 is 0 Å². The predicted molar refractivity (Wildman–Crippen MR) is 86.0 cm³/mol. The Kier molecular flexibility index (Phi) is 2.82. The first kappa shape index (κ1) is 12.8. The van der Waals surface area contributed by atoms with E-state index in [0.29, 0.717) is 5.89 Å². The third-order valence-electron chi connectivity index (χ3n) is 3.72. The first-order valence-electron chi connectivity index (χ1n) is 7.19. The Hall–Kier alpha value is -2.88. The van der Waals surface area contributed by atoms with E-state index in [1.807, 2.05) is 35.1 Å². The number of aromatic nitrogens is 3. The van der Waals surface area contributed by atoms with Crippen LogP contribution in [0.2, 0.25) is 0 Å². The zero-order valence-electron chi connectivity index (χ0n) is 12.4. The molecular formula is C18H15N3O. The Morgan fingerprint density at radius 1 is 1.05 bits per heavy atom. The molecule has 0 bridgehead atoms. The van der Waals surface area contributed by atoms with Crippen molar-refractivity contribution in [3.8, 4) is 17.1 Å². The van der Waals surface area contributed by atoms with Crippen LogP contribution < -0.4 is 0 Å². The standard InChI is InChI=1S/C18H15N3O/c1-12-7-8-16(13(2)9-12)21-11-14(10-19-21)18-20-15-5-3-4-6-17(15)22-18/h3-11H,1-2H3. The molecule has 0 aliphatic heterocycles. The first-order chi connectivity index (χ1) is 10.7. The highest BCUT2D eigenvalue weighted by Crippen LogP contribution is 2.25. The van der Waals surface area contributed by atoms with Gasteiger partial charge in [-0.15, -0.1) is 0 Å². The molecule has 4 aromatic rings. The van der Waals surface area contributed by atoms with Crippen molar-refractivity contribution in [2.45, 2.75) is 13.8 Å². The van der Waals surface area contributed by atoms with Crippen molar-refractivity contribution >= 4 is 11.1 Å². The van der Waals surface area contributed by atoms with Crippen LogP contribution in [0.25, 0.3) is 28.2 Å². The number of aryl methyl sites for hydroxylation is 2. The highest BCUT2D eigenvalue weighted by Gasteiger charge is 2.11. The van der Waals surface area contributed by atoms with E-state index >= 15 is 0 Å². The van der Waals surface area contributed by atoms with Gasteiger partial charge in [-0.1, -0.05) is 29.8 Å². The Morgan fingerprint density at radius 3 is 2.73 bits per heavy atom. The lowest BCUT2D eigenvalue weighted by atomic mass is 10.1. The molecule has 4 rings (SSSR count). The fourth-order valence-electron chi connectivity index (χ4n) is 2.62. The summed E-state index contributed by atoms with van der Waals surface area (Å²) in [4.78, 5) is 4.51. The van der Waals surface area contributed by atoms with Gasteiger partial charge in [0.2, 0.25) is 5.89 Å². The van der Waals surface area contributed by atoms with Crippen LogP contribution in [-0.4, -0.2) is 14.8 Å². The fraction of sp³-hybridized carbons (Fsp3) is 0.111. The number of hydrogen-bond acceptors (Lipinski definition) is 3. The van der Waals surface area contributed by atoms with Gasteiger partial charge < -0.3 is 4.42 Å². The van der Waals surface area contributed by atoms with Crippen molar-refractivity contribution in [3.63, 3.8) is 0 Å². The average Bonchev–Trinajstić information content (AvgIpc) is 3.13. The molecule has 0 saturated carbocycles. The minimum atomic E-state index is 0.595. The number of nitrogens with zero attached hydrogens (tertiary/aromatic N) is 3. The van der Waals surface area contributed by atoms with Gasteiger partial charge in [-0.05, 0) is 37.6 Å². The topological polar surface area (TPSA) is 43.9 Å². The number of benzene rings is 2. The van der Waals surface area contributed by atoms with Gasteiger partial charge in [-0.3, -0.25) is 0 Å². The summed E-state index contributed by atoms with van der Waals surface area (Å²) in [7, 11) is 0. The molecule has 108 valence electrons. The molecule has 0 aliphatic rings. The lowest BCUT2D eigenvalue weighted by Crippen LogP contribution is -1.97. The van der Waals surface area contributed by atoms with Crippen LogP contribution in [0.1, 0.15) is 11.1 Å². The second kappa shape index (κ2) is 4.84. The van der Waals surface area contributed by atoms with E-state index in [9.17, 15) is 0 Å². The van der Waals surface area contributed by atoms with Gasteiger partial charge in [0, 0.05) is 6.20 Å². The molecule has 0 atom stereocenters. The van der Waals surface area contributed by atoms with Crippen LogP contribution in [0, 0.1) is 13.8 Å². The lowest BCUT2D eigenvalue weighted by Gasteiger charge is -2.06. The van der Waals surface area contributed by atoms with E-state index in [4.69, 9.17) is 4.42 Å². The molecule has 4 nitrogen and oxygen atoms in total. The number of hydrogen-bond donors (Lipinski definition) is 0. The molecule has 0 radical (unpaired) electrons. The highest BCUT2D eigenvalue weighted by molar-refractivity contribution is 5.75. The quantitative estimate of drug-likeness (QED) is 0.552. The van der Waals surface area contributed by atoms with Crippen LogP contribution in [0.3, 0.4) is 0 Å². The van der Waals surface area contributed by atoms with Crippen molar-refractivity contribution in [1.82, 2.24) is 14.8 Å². The minimum Gasteiger partial charge on any atom is -0.436 e. The Labute approximate surface area is 128 Å². The van der Waals surface area contributed by atoms with Gasteiger partial charge in [0.25, 0.3) is 0 Å². The van der Waals surface area contributed by atoms with Gasteiger partial charge in [0.05, 0.1) is 17.4 Å². The van der Waals surface area contributed by atoms with Crippen LogP contribution in [0.15, 0.2) is 59.3 Å². The molecule has 0 N–H and O–H groups in total. The van der Waals surface area contributed by atoms with Gasteiger partial charge in [-0.2, -0.15) is 5.10 Å². The molecule has 2 aromatic heterocycles. The van der Waals surface area contributed by atoms with Crippen LogP contribution >= 0.6 is 0 Å². The van der Waals surface area contributed by atoms with Crippen molar-refractivity contribution < 1.29 is 4.42 Å². The van der Waals surface area contributed by atoms with E-state index in [1.165, 1.54) is 11.1 Å². The molecule has 0 saturated heterocycles. The molecule has 0 unspecified atom stereocenters. The molecular weight excluding hydrogens is 274 g/mol. The monoisotopic (exact) mass is 289 g/mol. The van der Waals surface area contributed by atoms with E-state index in [2.05, 4.69) is 42.1 Å². The average molecular weight is 289 g/mol. The maximum atomic E-state index is 5.79. The molecule has 2 aromatic carbocycles. The number of oxazole rings is 1. The second-order valence-electron chi connectivity index (χ2n) is 5.45. The van der Waals surface area contributed by atoms with Crippen LogP contribution in [-0.2, 0) is 0 Å². The summed E-state index contributed by atoms with van der Waals surface area (Å²) in [6.45, 7) is 4.17. The lowest BCUT2D eigenvalue weighted by molar-refractivity contribution is 0.620. The van der Waals surface area contributed by atoms with Crippen molar-refractivity contribution in [2.75, 3.05) is 0 Å². The normalized spacial score (nSPS) is 11.2. The van der Waals surface area contributed by atoms with Crippen LogP contribution in [0.4, 0.5) is 0 Å². The summed E-state index contributed by atoms with van der Waals surface area (Å²) < 4.78 is 7.65. The zero-order chi connectivity index (χ0) is 15.1. The number of para-hydroxylation sites is 2. The predicted octanol–water partition coefficient (Wildman–Crippen LogP) is 4.30. The maximum absolute atomic E-state index is 5.79. The Balaban J connectivity index is 1.77. The van der Waals surface area contributed by atoms with Gasteiger partial charge in [0.15, 0.2) is 5.58 Å². The molecule has 0 amide bonds. The molecule has 0 aliphatic carbocycles. The summed E-state index contributed by atoms with van der Waals surface area (Å²) >= 11 is 0. The zero-order valence-corrected chi connectivity index (χ0v) is 12.4. The first-order valence-corrected chi connectivity index (χ1v) is 7.19. The van der Waals surface area contributed by atoms with Gasteiger partial charge >= 0.3 is 0 Å². The second-order valence-corrected chi connectivity index (χ2v) is 5.45. The molecule has 4 heteroatoms. The van der Waals surface area contributed by atoms with Crippen molar-refractivity contribution in [3.05, 3.63) is 66.0 Å². The molecule has 22 heavy (non-hydrogen) atoms. The summed E-state index contributed by atoms with van der Waals surface area (Å²) in [5, 5.41) is 4.44. The molecule has 0 spiro atoms. The Bertz CT molecular complexity index is 932. The van der Waals surface area contributed by atoms with E-state index in [1.54, 1.807) is 6.20 Å². The summed E-state index contributed by atoms with van der Waals surface area (Å²) in [5.74, 6) is 0.595. The smallest absolute Gasteiger partial charge is 0.230 e. The summed E-state index contributed by atoms with van der Waals surface area (Å²) in [5.41, 5.74) is 6.01. The summed E-state index contributed by atoms with van der Waals surface area (Å²) in [6, 6.07) is 14.1. The molecule has 2 heterocycles. The fourth-order valence-corrected chi connectivity index (χ4v) is 2.62. The maximum Gasteiger partial charge on any atom is 0.230 e. The molecule has 0 fully saturated rings. The van der Waals surface area contributed by atoms with E-state index in [0.717, 1.165) is 22.4 Å². The number of rotatable bonds is 2. The van der Waals surface area contributed by atoms with Gasteiger partial charge in [0.1, 0.15) is 5.52 Å². The highest BCUT2D eigenvalue weighted by atomic mass is 16.3.